The van der Waals surface area contributed by atoms with Crippen molar-refractivity contribution < 1.29 is 70.4 Å². The average Bonchev–Trinajstić information content (AvgIpc) is 3.77. The molecule has 322 valence electrons. The topological polar surface area (TPSA) is 243 Å². The van der Waals surface area contributed by atoms with E-state index in [1.165, 1.54) is 32.3 Å². The summed E-state index contributed by atoms with van der Waals surface area (Å²) in [6, 6.07) is 9.79. The zero-order chi connectivity index (χ0) is 43.3. The summed E-state index contributed by atoms with van der Waals surface area (Å²) in [6.07, 6.45) is 0.457. The molecule has 2 heterocycles. The zero-order valence-electron chi connectivity index (χ0n) is 33.4. The molecule has 1 aliphatic rings. The molecule has 0 saturated carbocycles. The Hall–Kier alpha value is -4.58. The van der Waals surface area contributed by atoms with Crippen molar-refractivity contribution in [3.8, 4) is 23.0 Å². The van der Waals surface area contributed by atoms with E-state index in [9.17, 15) is 33.3 Å². The first-order valence-electron chi connectivity index (χ1n) is 18.2. The summed E-state index contributed by atoms with van der Waals surface area (Å²) >= 11 is 6.47. The van der Waals surface area contributed by atoms with Crippen LogP contribution in [0, 0.1) is 0 Å². The smallest absolute Gasteiger partial charge is 0.492 e. The number of hydrogen-bond acceptors (Lipinski definition) is 13. The molecule has 0 fully saturated rings. The number of benzene rings is 3. The Morgan fingerprint density at radius 1 is 0.966 bits per heavy atom. The van der Waals surface area contributed by atoms with Crippen LogP contribution in [-0.2, 0) is 38.8 Å². The highest BCUT2D eigenvalue weighted by atomic mass is 35.5. The Morgan fingerprint density at radius 2 is 1.64 bits per heavy atom. The molecule has 0 radical (unpaired) electrons. The van der Waals surface area contributed by atoms with E-state index in [2.05, 4.69) is 14.6 Å². The molecule has 0 aliphatic carbocycles. The van der Waals surface area contributed by atoms with Gasteiger partial charge in [0.05, 0.1) is 39.1 Å². The van der Waals surface area contributed by atoms with Crippen molar-refractivity contribution in [2.45, 2.75) is 52.1 Å². The monoisotopic (exact) mass is 884 g/mol. The number of halogens is 1. The molecule has 2 unspecified atom stereocenters. The number of nitrogens with zero attached hydrogens (tertiary/aromatic N) is 1. The van der Waals surface area contributed by atoms with E-state index in [1.54, 1.807) is 51.1 Å². The molecule has 5 rings (SSSR count). The molecule has 59 heavy (non-hydrogen) atoms. The molecule has 5 N–H and O–H groups in total. The van der Waals surface area contributed by atoms with E-state index in [0.717, 1.165) is 12.0 Å². The molecule has 1 aliphatic heterocycles. The van der Waals surface area contributed by atoms with Crippen LogP contribution in [0.3, 0.4) is 0 Å². The van der Waals surface area contributed by atoms with Crippen molar-refractivity contribution in [2.75, 3.05) is 58.4 Å². The zero-order valence-corrected chi connectivity index (χ0v) is 36.0. The molecule has 22 heteroatoms. The number of methoxy groups -OCH3 is 3. The first-order valence-corrected chi connectivity index (χ1v) is 21.7. The number of nitrogens with one attached hydrogen (secondary N) is 3. The van der Waals surface area contributed by atoms with Crippen LogP contribution in [0.5, 0.6) is 23.0 Å². The fraction of sp³-hybridized carbons (Fsp3) is 0.432. The average molecular weight is 885 g/mol. The van der Waals surface area contributed by atoms with Crippen molar-refractivity contribution in [2.24, 2.45) is 0 Å². The van der Waals surface area contributed by atoms with Gasteiger partial charge in [-0.15, -0.1) is 11.6 Å². The van der Waals surface area contributed by atoms with Gasteiger partial charge in [-0.25, -0.2) is 13.9 Å². The van der Waals surface area contributed by atoms with Gasteiger partial charge in [0.25, 0.3) is 5.91 Å². The van der Waals surface area contributed by atoms with Crippen molar-refractivity contribution in [1.82, 2.24) is 15.8 Å². The van der Waals surface area contributed by atoms with E-state index >= 15 is 0 Å². The number of aryl methyl sites for hydroxylation is 1. The number of alkyl halides is 1. The number of anilines is 1. The van der Waals surface area contributed by atoms with Crippen LogP contribution in [0.25, 0.3) is 21.7 Å². The number of rotatable bonds is 18. The summed E-state index contributed by atoms with van der Waals surface area (Å²) in [4.78, 5) is 68.5. The predicted octanol–water partition coefficient (Wildman–Crippen LogP) is 6.47. The number of phosphoric ester groups is 2. The van der Waals surface area contributed by atoms with E-state index < -0.39 is 52.4 Å². The SMILES string of the molecule is CCCc1c(OC)c(OC)c(OC)c2[nH]c(C(=O)N3C[C@@H](CCl)c4c3cc(OP(=O)(O)OP(=O)(O)OCCNC(=O)CONC(=O)OC(C)(C)C)c3ccccc43)cc12. The molecule has 3 aromatic carbocycles. The Kier molecular flexibility index (Phi) is 14.5. The minimum atomic E-state index is -5.42. The fourth-order valence-electron chi connectivity index (χ4n) is 6.67. The van der Waals surface area contributed by atoms with Crippen LogP contribution in [0.4, 0.5) is 10.5 Å². The van der Waals surface area contributed by atoms with Crippen molar-refractivity contribution in [3.63, 3.8) is 0 Å². The number of ether oxygens (including phenoxy) is 4. The molecule has 0 spiro atoms. The van der Waals surface area contributed by atoms with Gasteiger partial charge in [-0.2, -0.15) is 9.79 Å². The minimum absolute atomic E-state index is 0.125. The maximum atomic E-state index is 14.5. The summed E-state index contributed by atoms with van der Waals surface area (Å²) in [7, 11) is -6.20. The van der Waals surface area contributed by atoms with E-state index in [0.29, 0.717) is 56.6 Å². The fourth-order valence-corrected chi connectivity index (χ4v) is 9.00. The summed E-state index contributed by atoms with van der Waals surface area (Å²) in [6.45, 7) is 5.44. The first kappa shape index (κ1) is 45.5. The highest BCUT2D eigenvalue weighted by molar-refractivity contribution is 7.61. The summed E-state index contributed by atoms with van der Waals surface area (Å²) in [5, 5.41) is 3.86. The van der Waals surface area contributed by atoms with Gasteiger partial charge in [-0.05, 0) is 44.2 Å². The van der Waals surface area contributed by atoms with Gasteiger partial charge < -0.3 is 43.6 Å². The van der Waals surface area contributed by atoms with Crippen molar-refractivity contribution >= 4 is 72.5 Å². The van der Waals surface area contributed by atoms with Crippen LogP contribution < -0.4 is 34.4 Å². The highest BCUT2D eigenvalue weighted by Gasteiger charge is 2.40. The first-order chi connectivity index (χ1) is 27.9. The molecule has 3 atom stereocenters. The third kappa shape index (κ3) is 10.6. The summed E-state index contributed by atoms with van der Waals surface area (Å²) < 4.78 is 62.8. The standard InChI is InChI=1S/C37H47ClN4O15P2/c1-8-11-24-25-16-26(40-31(25)33(51-6)34(52-7)32(24)50-5)35(44)42-19-21(18-38)30-23-13-10-9-12-22(23)28(17-27(30)42)56-59(48,49)57-58(46,47)54-15-14-39-29(43)20-53-41-36(45)55-37(2,3)4/h9-10,12-13,16-17,21,40H,8,11,14-15,18-20H2,1-7H3,(H,39,43)(H,41,45)(H,46,47)(H,48,49)/t21-/m1/s1. The molecule has 19 nitrogen and oxygen atoms in total. The molecule has 1 aromatic heterocycles. The molecule has 0 bridgehead atoms. The quantitative estimate of drug-likeness (QED) is 0.0311. The summed E-state index contributed by atoms with van der Waals surface area (Å²) in [5.74, 6) is -0.500. The van der Waals surface area contributed by atoms with Gasteiger partial charge in [0.15, 0.2) is 18.1 Å². The van der Waals surface area contributed by atoms with Crippen LogP contribution in [0.15, 0.2) is 36.4 Å². The number of aromatic amines is 1. The van der Waals surface area contributed by atoms with Crippen LogP contribution in [0.2, 0.25) is 0 Å². The second kappa shape index (κ2) is 18.8. The van der Waals surface area contributed by atoms with Crippen LogP contribution in [-0.4, -0.2) is 91.8 Å². The van der Waals surface area contributed by atoms with Gasteiger partial charge in [-0.3, -0.25) is 23.8 Å². The largest absolute Gasteiger partial charge is 0.536 e. The maximum Gasteiger partial charge on any atom is 0.536 e. The maximum absolute atomic E-state index is 14.5. The van der Waals surface area contributed by atoms with Gasteiger partial charge >= 0.3 is 21.7 Å². The molecular weight excluding hydrogens is 838 g/mol. The Morgan fingerprint density at radius 3 is 2.27 bits per heavy atom. The van der Waals surface area contributed by atoms with Crippen LogP contribution >= 0.6 is 27.2 Å². The molecule has 4 aromatic rings. The minimum Gasteiger partial charge on any atom is -0.492 e. The normalized spacial score (nSPS) is 15.9. The number of fused-ring (bicyclic) bond motifs is 4. The van der Waals surface area contributed by atoms with E-state index in [4.69, 9.17) is 44.4 Å². The summed E-state index contributed by atoms with van der Waals surface area (Å²) in [5.41, 5.74) is 3.65. The Balaban J connectivity index is 1.35. The molecular formula is C37H47ClN4O15P2. The number of H-pyrrole nitrogens is 1. The van der Waals surface area contributed by atoms with Gasteiger partial charge in [-0.1, -0.05) is 37.6 Å². The number of carbonyl (C=O) groups excluding carboxylic acids is 3. The predicted molar refractivity (Wildman–Crippen MR) is 217 cm³/mol. The third-order valence-electron chi connectivity index (χ3n) is 8.82. The lowest BCUT2D eigenvalue weighted by molar-refractivity contribution is -0.128. The number of aromatic nitrogens is 1. The van der Waals surface area contributed by atoms with Gasteiger partial charge in [0.1, 0.15) is 17.0 Å². The van der Waals surface area contributed by atoms with Crippen molar-refractivity contribution in [1.29, 1.82) is 0 Å². The molecule has 0 saturated heterocycles. The van der Waals surface area contributed by atoms with Gasteiger partial charge in [0, 0.05) is 47.3 Å². The Bertz CT molecular complexity index is 2310. The second-order valence-electron chi connectivity index (χ2n) is 14.1. The second-order valence-corrected chi connectivity index (χ2v) is 17.4. The van der Waals surface area contributed by atoms with E-state index in [-0.39, 0.29) is 36.3 Å². The molecule has 3 amide bonds. The number of phosphoric acid groups is 2. The van der Waals surface area contributed by atoms with Crippen molar-refractivity contribution in [3.05, 3.63) is 53.2 Å². The number of hydrogen-bond donors (Lipinski definition) is 5. The van der Waals surface area contributed by atoms with Gasteiger partial charge in [0.2, 0.25) is 11.7 Å². The van der Waals surface area contributed by atoms with Crippen LogP contribution in [0.1, 0.15) is 61.6 Å². The lowest BCUT2D eigenvalue weighted by atomic mass is 9.95. The lowest BCUT2D eigenvalue weighted by Crippen LogP contribution is -2.36. The number of carbonyl (C=O) groups is 3. The van der Waals surface area contributed by atoms with E-state index in [1.807, 2.05) is 12.4 Å². The highest BCUT2D eigenvalue weighted by Crippen LogP contribution is 2.61. The third-order valence-corrected chi connectivity index (χ3v) is 11.8. The number of hydroxylamine groups is 1. The Labute approximate surface area is 344 Å². The number of amides is 3. The lowest BCUT2D eigenvalue weighted by Gasteiger charge is -2.21.